The van der Waals surface area contributed by atoms with E-state index in [-0.39, 0.29) is 0 Å². The molecule has 0 amide bonds. The molecule has 1 atom stereocenters. The molecule has 1 unspecified atom stereocenters. The minimum atomic E-state index is 0.449. The number of hydrogen-bond acceptors (Lipinski definition) is 1. The molecule has 2 aromatic rings. The second kappa shape index (κ2) is 5.52. The molecule has 2 aromatic carbocycles. The molecule has 0 aliphatic heterocycles. The summed E-state index contributed by atoms with van der Waals surface area (Å²) in [6.45, 7) is 0. The molecule has 0 bridgehead atoms. The quantitative estimate of drug-likeness (QED) is 0.835. The van der Waals surface area contributed by atoms with Gasteiger partial charge >= 0.3 is 0 Å². The number of hydrogen-bond donors (Lipinski definition) is 1. The molecule has 1 aliphatic carbocycles. The molecule has 0 saturated heterocycles. The Morgan fingerprint density at radius 2 is 1.74 bits per heavy atom. The van der Waals surface area contributed by atoms with Crippen LogP contribution in [0.25, 0.3) is 10.8 Å². The van der Waals surface area contributed by atoms with Gasteiger partial charge in [-0.15, -0.1) is 0 Å². The highest BCUT2D eigenvalue weighted by molar-refractivity contribution is 6.35. The maximum absolute atomic E-state index is 6.32. The first kappa shape index (κ1) is 13.0. The third-order valence-corrected chi connectivity index (χ3v) is 4.75. The summed E-state index contributed by atoms with van der Waals surface area (Å²) >= 11 is 6.32. The number of nitrogens with one attached hydrogen (secondary N) is 1. The molecule has 3 rings (SSSR count). The van der Waals surface area contributed by atoms with Crippen LogP contribution in [-0.2, 0) is 0 Å². The van der Waals surface area contributed by atoms with E-state index in [2.05, 4.69) is 42.7 Å². The van der Waals surface area contributed by atoms with Crippen molar-refractivity contribution < 1.29 is 0 Å². The second-order valence-electron chi connectivity index (χ2n) is 5.49. The summed E-state index contributed by atoms with van der Waals surface area (Å²) in [5.41, 5.74) is 1.40. The topological polar surface area (TPSA) is 12.0 Å². The van der Waals surface area contributed by atoms with Gasteiger partial charge in [-0.25, -0.2) is 0 Å². The van der Waals surface area contributed by atoms with Gasteiger partial charge in [0.1, 0.15) is 0 Å². The Morgan fingerprint density at radius 1 is 1.05 bits per heavy atom. The first-order valence-corrected chi connectivity index (χ1v) is 7.53. The number of benzene rings is 2. The van der Waals surface area contributed by atoms with Crippen molar-refractivity contribution in [1.29, 1.82) is 0 Å². The summed E-state index contributed by atoms with van der Waals surface area (Å²) in [5.74, 6) is 0.759. The van der Waals surface area contributed by atoms with E-state index in [4.69, 9.17) is 11.6 Å². The van der Waals surface area contributed by atoms with Crippen LogP contribution in [0.15, 0.2) is 36.4 Å². The third-order valence-electron chi connectivity index (χ3n) is 4.42. The van der Waals surface area contributed by atoms with Crippen LogP contribution in [0.1, 0.15) is 37.3 Å². The number of rotatable bonds is 3. The molecule has 0 heterocycles. The molecule has 1 N–H and O–H groups in total. The maximum Gasteiger partial charge on any atom is 0.0484 e. The average molecular weight is 274 g/mol. The highest BCUT2D eigenvalue weighted by atomic mass is 35.5. The van der Waals surface area contributed by atoms with Crippen molar-refractivity contribution >= 4 is 22.4 Å². The number of fused-ring (bicyclic) bond motifs is 1. The molecular formula is C17H20ClN. The van der Waals surface area contributed by atoms with Crippen LogP contribution in [-0.4, -0.2) is 7.05 Å². The van der Waals surface area contributed by atoms with Gasteiger partial charge in [0.25, 0.3) is 0 Å². The van der Waals surface area contributed by atoms with Crippen LogP contribution in [0.2, 0.25) is 5.02 Å². The molecule has 0 radical (unpaired) electrons. The predicted octanol–water partition coefficient (Wildman–Crippen LogP) is 4.94. The van der Waals surface area contributed by atoms with E-state index in [0.29, 0.717) is 6.04 Å². The Hall–Kier alpha value is -1.05. The molecule has 0 spiro atoms. The first-order chi connectivity index (χ1) is 9.31. The molecular weight excluding hydrogens is 254 g/mol. The van der Waals surface area contributed by atoms with Crippen LogP contribution in [0.4, 0.5) is 0 Å². The first-order valence-electron chi connectivity index (χ1n) is 7.15. The Labute approximate surface area is 120 Å². The van der Waals surface area contributed by atoms with Gasteiger partial charge in [-0.1, -0.05) is 54.8 Å². The van der Waals surface area contributed by atoms with E-state index in [0.717, 1.165) is 10.9 Å². The minimum absolute atomic E-state index is 0.449. The summed E-state index contributed by atoms with van der Waals surface area (Å²) in [6, 6.07) is 13.1. The van der Waals surface area contributed by atoms with Gasteiger partial charge in [0.05, 0.1) is 0 Å². The lowest BCUT2D eigenvalue weighted by Gasteiger charge is -2.25. The van der Waals surface area contributed by atoms with Crippen molar-refractivity contribution in [2.75, 3.05) is 7.05 Å². The molecule has 0 aromatic heterocycles. The summed E-state index contributed by atoms with van der Waals surface area (Å²) in [6.07, 6.45) is 5.41. The summed E-state index contributed by atoms with van der Waals surface area (Å²) in [4.78, 5) is 0. The Bertz CT molecular complexity index is 572. The minimum Gasteiger partial charge on any atom is -0.313 e. The van der Waals surface area contributed by atoms with Gasteiger partial charge < -0.3 is 5.32 Å². The lowest BCUT2D eigenvalue weighted by Crippen LogP contribution is -2.23. The monoisotopic (exact) mass is 273 g/mol. The van der Waals surface area contributed by atoms with Crippen molar-refractivity contribution in [1.82, 2.24) is 5.32 Å². The molecule has 100 valence electrons. The van der Waals surface area contributed by atoms with E-state index in [9.17, 15) is 0 Å². The van der Waals surface area contributed by atoms with Crippen LogP contribution in [0.5, 0.6) is 0 Å². The Balaban J connectivity index is 2.10. The van der Waals surface area contributed by atoms with Crippen LogP contribution in [0, 0.1) is 5.92 Å². The largest absolute Gasteiger partial charge is 0.313 e. The van der Waals surface area contributed by atoms with Gasteiger partial charge in [0.2, 0.25) is 0 Å². The SMILES string of the molecule is CNC(c1ccc(Cl)c2ccccc12)C1CCCC1. The van der Waals surface area contributed by atoms with Crippen molar-refractivity contribution in [2.45, 2.75) is 31.7 Å². The fourth-order valence-corrected chi connectivity index (χ4v) is 3.72. The van der Waals surface area contributed by atoms with Gasteiger partial charge in [-0.05, 0) is 42.8 Å². The molecule has 1 saturated carbocycles. The molecule has 19 heavy (non-hydrogen) atoms. The summed E-state index contributed by atoms with van der Waals surface area (Å²) < 4.78 is 0. The van der Waals surface area contributed by atoms with Crippen molar-refractivity contribution in [3.63, 3.8) is 0 Å². The van der Waals surface area contributed by atoms with Crippen molar-refractivity contribution in [3.05, 3.63) is 47.0 Å². The normalized spacial score (nSPS) is 18.0. The molecule has 1 fully saturated rings. The molecule has 2 heteroatoms. The smallest absolute Gasteiger partial charge is 0.0484 e. The highest BCUT2D eigenvalue weighted by Crippen LogP contribution is 2.39. The van der Waals surface area contributed by atoms with E-state index < -0.39 is 0 Å². The fourth-order valence-electron chi connectivity index (χ4n) is 3.49. The zero-order valence-electron chi connectivity index (χ0n) is 11.3. The van der Waals surface area contributed by atoms with E-state index >= 15 is 0 Å². The van der Waals surface area contributed by atoms with Gasteiger partial charge in [0, 0.05) is 16.5 Å². The number of halogens is 1. The zero-order chi connectivity index (χ0) is 13.2. The van der Waals surface area contributed by atoms with Gasteiger partial charge in [0.15, 0.2) is 0 Å². The standard InChI is InChI=1S/C17H20ClN/c1-19-17(12-6-2-3-7-12)15-10-11-16(18)14-9-5-4-8-13(14)15/h4-5,8-12,17,19H,2-3,6-7H2,1H3. The van der Waals surface area contributed by atoms with Gasteiger partial charge in [-0.2, -0.15) is 0 Å². The van der Waals surface area contributed by atoms with Crippen LogP contribution in [0.3, 0.4) is 0 Å². The zero-order valence-corrected chi connectivity index (χ0v) is 12.1. The van der Waals surface area contributed by atoms with Gasteiger partial charge in [-0.3, -0.25) is 0 Å². The summed E-state index contributed by atoms with van der Waals surface area (Å²) in [5, 5.41) is 6.84. The van der Waals surface area contributed by atoms with Crippen molar-refractivity contribution in [3.8, 4) is 0 Å². The summed E-state index contributed by atoms with van der Waals surface area (Å²) in [7, 11) is 2.08. The average Bonchev–Trinajstić information content (AvgIpc) is 2.96. The van der Waals surface area contributed by atoms with E-state index in [1.165, 1.54) is 42.0 Å². The molecule has 1 nitrogen and oxygen atoms in total. The lowest BCUT2D eigenvalue weighted by molar-refractivity contribution is 0.392. The van der Waals surface area contributed by atoms with Crippen LogP contribution >= 0.6 is 11.6 Å². The third kappa shape index (κ3) is 2.37. The lowest BCUT2D eigenvalue weighted by atomic mass is 9.88. The molecule has 1 aliphatic rings. The van der Waals surface area contributed by atoms with E-state index in [1.54, 1.807) is 0 Å². The maximum atomic E-state index is 6.32. The second-order valence-corrected chi connectivity index (χ2v) is 5.90. The predicted molar refractivity (Wildman–Crippen MR) is 82.7 cm³/mol. The highest BCUT2D eigenvalue weighted by Gasteiger charge is 2.26. The fraction of sp³-hybridized carbons (Fsp3) is 0.412. The Morgan fingerprint density at radius 3 is 2.42 bits per heavy atom. The van der Waals surface area contributed by atoms with Crippen LogP contribution < -0.4 is 5.32 Å². The van der Waals surface area contributed by atoms with Crippen molar-refractivity contribution in [2.24, 2.45) is 5.92 Å². The van der Waals surface area contributed by atoms with E-state index in [1.807, 2.05) is 6.07 Å². The Kier molecular flexibility index (Phi) is 3.76.